The first kappa shape index (κ1) is 29.2. The van der Waals surface area contributed by atoms with E-state index in [1.165, 1.54) is 0 Å². The Morgan fingerprint density at radius 3 is 0.692 bits per heavy atom. The Morgan fingerprint density at radius 2 is 0.692 bits per heavy atom. The SMILES string of the molecule is O.O=P(O)(O)O.O=P(O)(O)O.[AlH3].[Fe]. The van der Waals surface area contributed by atoms with E-state index in [9.17, 15) is 0 Å². The number of rotatable bonds is 0. The Bertz CT molecular complexity index is 130. The zero-order chi connectivity index (χ0) is 9.00. The predicted octanol–water partition coefficient (Wildman–Crippen LogP) is -3.87. The summed E-state index contributed by atoms with van der Waals surface area (Å²) in [5.41, 5.74) is 0. The topological polar surface area (TPSA) is 187 Å². The summed E-state index contributed by atoms with van der Waals surface area (Å²) in [6.07, 6.45) is 0. The van der Waals surface area contributed by atoms with Crippen LogP contribution in [0.3, 0.4) is 0 Å². The van der Waals surface area contributed by atoms with Gasteiger partial charge in [0.1, 0.15) is 0 Å². The molecule has 0 aliphatic heterocycles. The van der Waals surface area contributed by atoms with Gasteiger partial charge in [-0.15, -0.1) is 0 Å². The van der Waals surface area contributed by atoms with Crippen molar-refractivity contribution in [2.24, 2.45) is 0 Å². The van der Waals surface area contributed by atoms with Gasteiger partial charge < -0.3 is 34.8 Å². The Morgan fingerprint density at radius 1 is 0.692 bits per heavy atom. The van der Waals surface area contributed by atoms with E-state index in [1.54, 1.807) is 0 Å². The second-order valence-corrected chi connectivity index (χ2v) is 3.08. The van der Waals surface area contributed by atoms with E-state index in [1.807, 2.05) is 0 Å². The molecule has 0 amide bonds. The van der Waals surface area contributed by atoms with Crippen molar-refractivity contribution in [2.75, 3.05) is 0 Å². The molecule has 0 spiro atoms. The smallest absolute Gasteiger partial charge is 0.412 e. The summed E-state index contributed by atoms with van der Waals surface area (Å²) in [6.45, 7) is 0. The third-order valence-corrected chi connectivity index (χ3v) is 0. The van der Waals surface area contributed by atoms with Crippen molar-refractivity contribution in [3.63, 3.8) is 0 Å². The molecule has 0 aliphatic rings. The summed E-state index contributed by atoms with van der Waals surface area (Å²) >= 11 is 0. The van der Waals surface area contributed by atoms with Crippen molar-refractivity contribution < 1.29 is 61.0 Å². The fraction of sp³-hybridized carbons (Fsp3) is 0. The Hall–Kier alpha value is 1.23. The second-order valence-electron chi connectivity index (χ2n) is 1.03. The maximum Gasteiger partial charge on any atom is 0.466 e. The average Bonchev–Trinajstić information content (AvgIpc) is 1.12. The van der Waals surface area contributed by atoms with Gasteiger partial charge in [-0.25, -0.2) is 9.13 Å². The molecule has 9 nitrogen and oxygen atoms in total. The summed E-state index contributed by atoms with van der Waals surface area (Å²) in [7, 11) is -9.28. The minimum absolute atomic E-state index is 0. The van der Waals surface area contributed by atoms with Crippen LogP contribution < -0.4 is 0 Å². The summed E-state index contributed by atoms with van der Waals surface area (Å²) in [5.74, 6) is 0. The fourth-order valence-corrected chi connectivity index (χ4v) is 0. The molecule has 0 bridgehead atoms. The summed E-state index contributed by atoms with van der Waals surface area (Å²) in [4.78, 5) is 43.1. The molecule has 0 heterocycles. The van der Waals surface area contributed by atoms with Crippen LogP contribution in [0.4, 0.5) is 0 Å². The maximum absolute atomic E-state index is 8.88. The molecule has 13 heteroatoms. The molecular weight excluding hydrogens is 289 g/mol. The van der Waals surface area contributed by atoms with Crippen LogP contribution in [0.5, 0.6) is 0 Å². The number of hydrogen-bond donors (Lipinski definition) is 6. The minimum atomic E-state index is -4.64. The first-order valence-electron chi connectivity index (χ1n) is 1.57. The molecular formula is H11AlFeO9P2. The van der Waals surface area contributed by atoms with Crippen molar-refractivity contribution in [3.8, 4) is 0 Å². The van der Waals surface area contributed by atoms with E-state index in [0.29, 0.717) is 0 Å². The van der Waals surface area contributed by atoms with E-state index >= 15 is 0 Å². The standard InChI is InChI=1S/Al.Fe.2H3O4P.H2O.3H/c;;2*1-5(2,3)4;;;;/h;;2*(H3,1,2,3,4);1H2;;;. The molecule has 0 aromatic carbocycles. The fourth-order valence-electron chi connectivity index (χ4n) is 0. The van der Waals surface area contributed by atoms with Gasteiger partial charge in [-0.05, 0) is 0 Å². The molecule has 0 atom stereocenters. The van der Waals surface area contributed by atoms with Gasteiger partial charge in [0.25, 0.3) is 0 Å². The Balaban J connectivity index is -0.0000000267. The van der Waals surface area contributed by atoms with Gasteiger partial charge in [0.05, 0.1) is 0 Å². The van der Waals surface area contributed by atoms with Gasteiger partial charge in [0.2, 0.25) is 0 Å². The second kappa shape index (κ2) is 11.3. The van der Waals surface area contributed by atoms with Crippen molar-refractivity contribution in [1.29, 1.82) is 0 Å². The number of phosphoric acid groups is 2. The van der Waals surface area contributed by atoms with E-state index in [-0.39, 0.29) is 39.9 Å². The predicted molar refractivity (Wildman–Crippen MR) is 42.1 cm³/mol. The van der Waals surface area contributed by atoms with Gasteiger partial charge in [-0.1, -0.05) is 0 Å². The van der Waals surface area contributed by atoms with E-state index in [0.717, 1.165) is 0 Å². The first-order chi connectivity index (χ1) is 4.00. The molecule has 8 N–H and O–H groups in total. The van der Waals surface area contributed by atoms with Crippen LogP contribution in [-0.2, 0) is 26.2 Å². The van der Waals surface area contributed by atoms with Crippen LogP contribution in [0.15, 0.2) is 0 Å². The summed E-state index contributed by atoms with van der Waals surface area (Å²) in [6, 6.07) is 0. The van der Waals surface area contributed by atoms with Crippen molar-refractivity contribution >= 4 is 33.0 Å². The molecule has 86 valence electrons. The molecule has 0 unspecified atom stereocenters. The number of hydrogen-bond acceptors (Lipinski definition) is 2. The molecule has 0 rings (SSSR count). The zero-order valence-corrected chi connectivity index (χ0v) is 8.14. The zero-order valence-electron chi connectivity index (χ0n) is 5.25. The van der Waals surface area contributed by atoms with Gasteiger partial charge in [0.15, 0.2) is 17.4 Å². The molecule has 13 heavy (non-hydrogen) atoms. The molecule has 0 saturated carbocycles. The summed E-state index contributed by atoms with van der Waals surface area (Å²) < 4.78 is 17.8. The van der Waals surface area contributed by atoms with Gasteiger partial charge in [-0.2, -0.15) is 0 Å². The van der Waals surface area contributed by atoms with Crippen LogP contribution >= 0.6 is 15.6 Å². The van der Waals surface area contributed by atoms with Crippen LogP contribution in [0.1, 0.15) is 0 Å². The Kier molecular flexibility index (Phi) is 25.4. The molecule has 0 aromatic heterocycles. The van der Waals surface area contributed by atoms with Crippen molar-refractivity contribution in [2.45, 2.75) is 0 Å². The first-order valence-corrected chi connectivity index (χ1v) is 4.70. The summed E-state index contributed by atoms with van der Waals surface area (Å²) in [5, 5.41) is 0. The van der Waals surface area contributed by atoms with E-state index in [2.05, 4.69) is 0 Å². The van der Waals surface area contributed by atoms with Crippen LogP contribution in [0, 0.1) is 0 Å². The van der Waals surface area contributed by atoms with Crippen molar-refractivity contribution in [3.05, 3.63) is 0 Å². The van der Waals surface area contributed by atoms with Gasteiger partial charge in [-0.3, -0.25) is 0 Å². The molecule has 0 aliphatic carbocycles. The average molecular weight is 300 g/mol. The largest absolute Gasteiger partial charge is 0.466 e. The van der Waals surface area contributed by atoms with Crippen LogP contribution in [0.25, 0.3) is 0 Å². The molecule has 0 aromatic rings. The monoisotopic (exact) mass is 300 g/mol. The quantitative estimate of drug-likeness (QED) is 0.193. The van der Waals surface area contributed by atoms with E-state index in [4.69, 9.17) is 38.5 Å². The van der Waals surface area contributed by atoms with Crippen LogP contribution in [-0.4, -0.2) is 52.2 Å². The van der Waals surface area contributed by atoms with Gasteiger partial charge in [0, 0.05) is 17.1 Å². The maximum atomic E-state index is 8.88. The Labute approximate surface area is 94.2 Å². The molecule has 0 saturated heterocycles. The van der Waals surface area contributed by atoms with Crippen molar-refractivity contribution in [1.82, 2.24) is 0 Å². The van der Waals surface area contributed by atoms with E-state index < -0.39 is 15.6 Å². The van der Waals surface area contributed by atoms with Crippen LogP contribution in [0.2, 0.25) is 0 Å². The molecule has 0 radical (unpaired) electrons. The third-order valence-electron chi connectivity index (χ3n) is 0. The minimum Gasteiger partial charge on any atom is -0.412 e. The third kappa shape index (κ3) is 1100. The normalized spacial score (nSPS) is 9.08. The van der Waals surface area contributed by atoms with Gasteiger partial charge >= 0.3 is 15.6 Å². The molecule has 0 fully saturated rings.